The summed E-state index contributed by atoms with van der Waals surface area (Å²) in [5, 5.41) is 10.4. The average molecular weight is 184 g/mol. The second-order valence-corrected chi connectivity index (χ2v) is 4.65. The first-order valence-electron chi connectivity index (χ1n) is 4.17. The number of phenols is 1. The predicted octanol–water partition coefficient (Wildman–Crippen LogP) is 2.79. The highest BCUT2D eigenvalue weighted by Crippen LogP contribution is 2.27. The van der Waals surface area contributed by atoms with E-state index in [1.54, 1.807) is 6.07 Å². The molecular weight excluding hydrogens is 167 g/mol. The fourth-order valence-corrected chi connectivity index (χ4v) is 1.76. The normalized spacial score (nSPS) is 9.08. The maximum atomic E-state index is 9.30. The molecule has 1 aromatic rings. The highest BCUT2D eigenvalue weighted by Gasteiger charge is 2.01. The summed E-state index contributed by atoms with van der Waals surface area (Å²) in [6, 6.07) is 7.51. The van der Waals surface area contributed by atoms with Crippen molar-refractivity contribution in [2.75, 3.05) is 13.3 Å². The Balaban J connectivity index is 0.000000561. The molecule has 0 unspecified atom stereocenters. The minimum absolute atomic E-state index is 0.166. The van der Waals surface area contributed by atoms with Gasteiger partial charge in [0, 0.05) is 5.30 Å². The van der Waals surface area contributed by atoms with Gasteiger partial charge in [0.1, 0.15) is 5.75 Å². The van der Waals surface area contributed by atoms with E-state index in [4.69, 9.17) is 0 Å². The van der Waals surface area contributed by atoms with Gasteiger partial charge in [-0.2, -0.15) is 0 Å². The van der Waals surface area contributed by atoms with Crippen molar-refractivity contribution in [1.82, 2.24) is 0 Å². The van der Waals surface area contributed by atoms with E-state index in [0.29, 0.717) is 5.75 Å². The van der Waals surface area contributed by atoms with Crippen LogP contribution in [0.5, 0.6) is 5.75 Å². The van der Waals surface area contributed by atoms with Crippen LogP contribution in [0.1, 0.15) is 13.8 Å². The summed E-state index contributed by atoms with van der Waals surface area (Å²) in [6.07, 6.45) is 0. The van der Waals surface area contributed by atoms with Crippen molar-refractivity contribution in [2.24, 2.45) is 0 Å². The smallest absolute Gasteiger partial charge is 0.123 e. The molecule has 0 aliphatic heterocycles. The zero-order valence-corrected chi connectivity index (χ0v) is 9.10. The number of benzene rings is 1. The number of para-hydroxylation sites is 1. The van der Waals surface area contributed by atoms with Gasteiger partial charge < -0.3 is 5.11 Å². The number of hydrogen-bond donors (Lipinski definition) is 1. The third-order valence-corrected chi connectivity index (χ3v) is 2.71. The van der Waals surface area contributed by atoms with E-state index in [0.717, 1.165) is 5.30 Å². The molecule has 12 heavy (non-hydrogen) atoms. The number of phenolic OH excluding ortho intramolecular Hbond substituents is 1. The molecule has 1 nitrogen and oxygen atoms in total. The average Bonchev–Trinajstić information content (AvgIpc) is 2.08. The highest BCUT2D eigenvalue weighted by molar-refractivity contribution is 7.64. The number of hydrogen-bond acceptors (Lipinski definition) is 1. The Hall–Kier alpha value is -0.550. The van der Waals surface area contributed by atoms with E-state index in [1.165, 1.54) is 0 Å². The molecule has 2 heteroatoms. The fourth-order valence-electron chi connectivity index (χ4n) is 0.842. The fraction of sp³-hybridized carbons (Fsp3) is 0.400. The summed E-state index contributed by atoms with van der Waals surface area (Å²) >= 11 is 0. The SMILES string of the molecule is CC.CP(C)c1ccccc1O. The maximum Gasteiger partial charge on any atom is 0.123 e. The number of aromatic hydroxyl groups is 1. The van der Waals surface area contributed by atoms with Gasteiger partial charge in [0.2, 0.25) is 0 Å². The highest BCUT2D eigenvalue weighted by atomic mass is 31.1. The van der Waals surface area contributed by atoms with E-state index >= 15 is 0 Å². The van der Waals surface area contributed by atoms with Crippen LogP contribution >= 0.6 is 7.92 Å². The third kappa shape index (κ3) is 3.23. The van der Waals surface area contributed by atoms with Crippen LogP contribution < -0.4 is 5.30 Å². The standard InChI is InChI=1S/C8H11OP.C2H6/c1-10(2)8-6-4-3-5-7(8)9;1-2/h3-6,9H,1-2H3;1-2H3. The Bertz CT molecular complexity index is 221. The molecule has 1 rings (SSSR count). The van der Waals surface area contributed by atoms with Crippen molar-refractivity contribution >= 4 is 13.2 Å². The minimum atomic E-state index is -0.166. The van der Waals surface area contributed by atoms with Crippen LogP contribution in [0.4, 0.5) is 0 Å². The lowest BCUT2D eigenvalue weighted by Gasteiger charge is -2.06. The second kappa shape index (κ2) is 6.02. The van der Waals surface area contributed by atoms with E-state index in [2.05, 4.69) is 13.3 Å². The minimum Gasteiger partial charge on any atom is -0.507 e. The molecule has 0 aromatic heterocycles. The Morgan fingerprint density at radius 1 is 1.08 bits per heavy atom. The molecule has 0 aliphatic rings. The van der Waals surface area contributed by atoms with Gasteiger partial charge in [-0.15, -0.1) is 0 Å². The summed E-state index contributed by atoms with van der Waals surface area (Å²) in [4.78, 5) is 0. The molecule has 1 aromatic carbocycles. The van der Waals surface area contributed by atoms with Crippen LogP contribution in [0.15, 0.2) is 24.3 Å². The van der Waals surface area contributed by atoms with Gasteiger partial charge in [-0.3, -0.25) is 0 Å². The topological polar surface area (TPSA) is 20.2 Å². The van der Waals surface area contributed by atoms with Gasteiger partial charge in [0.25, 0.3) is 0 Å². The van der Waals surface area contributed by atoms with Gasteiger partial charge >= 0.3 is 0 Å². The van der Waals surface area contributed by atoms with E-state index in [-0.39, 0.29) is 7.92 Å². The molecule has 0 aliphatic carbocycles. The van der Waals surface area contributed by atoms with Crippen molar-refractivity contribution in [1.29, 1.82) is 0 Å². The molecule has 0 heterocycles. The monoisotopic (exact) mass is 184 g/mol. The number of rotatable bonds is 1. The lowest BCUT2D eigenvalue weighted by Crippen LogP contribution is -1.97. The van der Waals surface area contributed by atoms with Crippen molar-refractivity contribution in [2.45, 2.75) is 13.8 Å². The van der Waals surface area contributed by atoms with Gasteiger partial charge in [-0.1, -0.05) is 40.0 Å². The first-order chi connectivity index (χ1) is 5.72. The largest absolute Gasteiger partial charge is 0.507 e. The van der Waals surface area contributed by atoms with Crippen LogP contribution in [0.2, 0.25) is 0 Å². The summed E-state index contributed by atoms with van der Waals surface area (Å²) in [5.41, 5.74) is 0. The Morgan fingerprint density at radius 2 is 1.58 bits per heavy atom. The van der Waals surface area contributed by atoms with Crippen molar-refractivity contribution in [3.8, 4) is 5.75 Å². The molecule has 68 valence electrons. The molecule has 0 atom stereocenters. The Morgan fingerprint density at radius 3 is 1.92 bits per heavy atom. The molecule has 0 saturated carbocycles. The summed E-state index contributed by atoms with van der Waals surface area (Å²) in [5.74, 6) is 0.429. The Labute approximate surface area is 76.2 Å². The van der Waals surface area contributed by atoms with Crippen LogP contribution in [0, 0.1) is 0 Å². The molecule has 0 amide bonds. The molecule has 1 N–H and O–H groups in total. The summed E-state index contributed by atoms with van der Waals surface area (Å²) in [6.45, 7) is 8.26. The zero-order valence-electron chi connectivity index (χ0n) is 8.20. The summed E-state index contributed by atoms with van der Waals surface area (Å²) in [7, 11) is -0.166. The summed E-state index contributed by atoms with van der Waals surface area (Å²) < 4.78 is 0. The molecule has 0 bridgehead atoms. The van der Waals surface area contributed by atoms with E-state index in [1.807, 2.05) is 32.0 Å². The van der Waals surface area contributed by atoms with Crippen molar-refractivity contribution < 1.29 is 5.11 Å². The van der Waals surface area contributed by atoms with Gasteiger partial charge in [0.15, 0.2) is 0 Å². The second-order valence-electron chi connectivity index (χ2n) is 2.38. The maximum absolute atomic E-state index is 9.30. The first-order valence-corrected chi connectivity index (χ1v) is 6.41. The first kappa shape index (κ1) is 11.4. The van der Waals surface area contributed by atoms with E-state index in [9.17, 15) is 5.11 Å². The molecular formula is C10H17OP. The van der Waals surface area contributed by atoms with Crippen LogP contribution in [-0.2, 0) is 0 Å². The molecule has 0 spiro atoms. The van der Waals surface area contributed by atoms with Gasteiger partial charge in [-0.05, 0) is 19.4 Å². The molecule has 0 radical (unpaired) electrons. The van der Waals surface area contributed by atoms with Gasteiger partial charge in [-0.25, -0.2) is 0 Å². The van der Waals surface area contributed by atoms with Crippen molar-refractivity contribution in [3.05, 3.63) is 24.3 Å². The van der Waals surface area contributed by atoms with Gasteiger partial charge in [0.05, 0.1) is 0 Å². The predicted molar refractivity (Wildman–Crippen MR) is 57.9 cm³/mol. The van der Waals surface area contributed by atoms with E-state index < -0.39 is 0 Å². The molecule has 0 saturated heterocycles. The van der Waals surface area contributed by atoms with Crippen molar-refractivity contribution in [3.63, 3.8) is 0 Å². The zero-order chi connectivity index (χ0) is 9.56. The van der Waals surface area contributed by atoms with Crippen LogP contribution in [-0.4, -0.2) is 18.4 Å². The van der Waals surface area contributed by atoms with Crippen LogP contribution in [0.25, 0.3) is 0 Å². The van der Waals surface area contributed by atoms with Crippen LogP contribution in [0.3, 0.4) is 0 Å². The molecule has 0 fully saturated rings. The third-order valence-electron chi connectivity index (χ3n) is 1.36. The quantitative estimate of drug-likeness (QED) is 0.665. The Kier molecular flexibility index (Phi) is 5.74. The lowest BCUT2D eigenvalue weighted by atomic mass is 10.3. The lowest BCUT2D eigenvalue weighted by molar-refractivity contribution is 0.480.